The van der Waals surface area contributed by atoms with Crippen LogP contribution >= 0.6 is 23.4 Å². The summed E-state index contributed by atoms with van der Waals surface area (Å²) in [6, 6.07) is 23.3. The number of halogens is 1. The molecule has 1 N–H and O–H groups in total. The smallest absolute Gasteiger partial charge is 0.240 e. The van der Waals surface area contributed by atoms with Gasteiger partial charge >= 0.3 is 0 Å². The minimum absolute atomic E-state index is 0.102. The molecular weight excluding hydrogens is 544 g/mol. The highest BCUT2D eigenvalue weighted by molar-refractivity contribution is 8.00. The molecule has 7 nitrogen and oxygen atoms in total. The van der Waals surface area contributed by atoms with Crippen LogP contribution in [0.15, 0.2) is 72.8 Å². The van der Waals surface area contributed by atoms with E-state index in [4.69, 9.17) is 21.4 Å². The Balaban J connectivity index is 1.79. The number of rotatable bonds is 8. The first-order valence-corrected chi connectivity index (χ1v) is 14.6. The number of benzene rings is 3. The van der Waals surface area contributed by atoms with Gasteiger partial charge in [0.1, 0.15) is 18.1 Å². The third kappa shape index (κ3) is 5.60. The number of thioether (sulfide) groups is 1. The van der Waals surface area contributed by atoms with Crippen LogP contribution in [-0.4, -0.2) is 47.5 Å². The summed E-state index contributed by atoms with van der Waals surface area (Å²) in [5.41, 5.74) is 5.45. The average molecular weight is 575 g/mol. The van der Waals surface area contributed by atoms with E-state index >= 15 is 0 Å². The van der Waals surface area contributed by atoms with Crippen molar-refractivity contribution in [1.29, 1.82) is 0 Å². The number of nitrogens with zero attached hydrogens (tertiary/aromatic N) is 3. The van der Waals surface area contributed by atoms with Crippen molar-refractivity contribution < 1.29 is 14.3 Å². The lowest BCUT2D eigenvalue weighted by Gasteiger charge is -2.23. The zero-order valence-corrected chi connectivity index (χ0v) is 24.3. The molecule has 40 heavy (non-hydrogen) atoms. The van der Waals surface area contributed by atoms with Crippen molar-refractivity contribution in [2.24, 2.45) is 0 Å². The fraction of sp³-hybridized carbons (Fsp3) is 0.258. The quantitative estimate of drug-likeness (QED) is 0.271. The number of aryl methyl sites for hydroxylation is 1. The Bertz CT molecular complexity index is 1520. The SMILES string of the molecule is CCCNC(=O)CN1C(=O)CSC(c2ccccc2C)c2c(-c3ccc(Cl)cc3)nn(-c3ccc(OC)cc3)c21. The van der Waals surface area contributed by atoms with Gasteiger partial charge in [-0.25, -0.2) is 4.68 Å². The molecule has 206 valence electrons. The highest BCUT2D eigenvalue weighted by Crippen LogP contribution is 2.49. The largest absolute Gasteiger partial charge is 0.497 e. The topological polar surface area (TPSA) is 76.5 Å². The lowest BCUT2D eigenvalue weighted by molar-refractivity contribution is -0.122. The van der Waals surface area contributed by atoms with Crippen molar-refractivity contribution in [2.45, 2.75) is 25.5 Å². The molecule has 0 bridgehead atoms. The second-order valence-electron chi connectivity index (χ2n) is 9.58. The number of nitrogens with one attached hydrogen (secondary N) is 1. The number of ether oxygens (including phenoxy) is 1. The predicted molar refractivity (Wildman–Crippen MR) is 162 cm³/mol. The van der Waals surface area contributed by atoms with Gasteiger partial charge < -0.3 is 10.1 Å². The van der Waals surface area contributed by atoms with Crippen LogP contribution in [0.25, 0.3) is 16.9 Å². The summed E-state index contributed by atoms with van der Waals surface area (Å²) in [6.45, 7) is 4.51. The van der Waals surface area contributed by atoms with Crippen LogP contribution in [-0.2, 0) is 9.59 Å². The Hall–Kier alpha value is -3.75. The number of aromatic nitrogens is 2. The van der Waals surface area contributed by atoms with Crippen LogP contribution in [0.1, 0.15) is 35.3 Å². The number of methoxy groups -OCH3 is 1. The zero-order valence-electron chi connectivity index (χ0n) is 22.7. The Morgan fingerprint density at radius 1 is 1.10 bits per heavy atom. The molecule has 0 saturated heterocycles. The third-order valence-electron chi connectivity index (χ3n) is 6.87. The van der Waals surface area contributed by atoms with E-state index in [0.29, 0.717) is 23.1 Å². The first-order valence-electron chi connectivity index (χ1n) is 13.2. The number of amides is 2. The first-order chi connectivity index (χ1) is 19.4. The maximum atomic E-state index is 13.8. The van der Waals surface area contributed by atoms with Gasteiger partial charge in [-0.2, -0.15) is 5.10 Å². The molecule has 2 heterocycles. The first kappa shape index (κ1) is 27.8. The molecule has 0 spiro atoms. The van der Waals surface area contributed by atoms with E-state index in [2.05, 4.69) is 24.4 Å². The summed E-state index contributed by atoms with van der Waals surface area (Å²) in [5, 5.41) is 8.47. The van der Waals surface area contributed by atoms with Crippen molar-refractivity contribution in [2.75, 3.05) is 30.9 Å². The fourth-order valence-electron chi connectivity index (χ4n) is 4.83. The zero-order chi connectivity index (χ0) is 28.2. The fourth-order valence-corrected chi connectivity index (χ4v) is 6.25. The lowest BCUT2D eigenvalue weighted by atomic mass is 9.97. The third-order valence-corrected chi connectivity index (χ3v) is 8.36. The maximum Gasteiger partial charge on any atom is 0.240 e. The Morgan fingerprint density at radius 2 is 1.82 bits per heavy atom. The van der Waals surface area contributed by atoms with Gasteiger partial charge in [0.2, 0.25) is 11.8 Å². The Labute approximate surface area is 243 Å². The van der Waals surface area contributed by atoms with E-state index in [-0.39, 0.29) is 29.4 Å². The number of anilines is 1. The molecule has 4 aromatic rings. The van der Waals surface area contributed by atoms with Gasteiger partial charge in [0.25, 0.3) is 0 Å². The average Bonchev–Trinajstić information content (AvgIpc) is 3.29. The molecule has 1 aliphatic heterocycles. The summed E-state index contributed by atoms with van der Waals surface area (Å²) in [6.07, 6.45) is 0.806. The molecule has 9 heteroatoms. The van der Waals surface area contributed by atoms with Crippen molar-refractivity contribution in [3.8, 4) is 22.7 Å². The number of carbonyl (C=O) groups excluding carboxylic acids is 2. The molecule has 0 saturated carbocycles. The van der Waals surface area contributed by atoms with Gasteiger partial charge in [-0.1, -0.05) is 54.9 Å². The molecule has 1 atom stereocenters. The molecule has 0 fully saturated rings. The number of hydrogen-bond donors (Lipinski definition) is 1. The van der Waals surface area contributed by atoms with E-state index in [9.17, 15) is 9.59 Å². The van der Waals surface area contributed by atoms with Crippen LogP contribution in [0.4, 0.5) is 5.82 Å². The summed E-state index contributed by atoms with van der Waals surface area (Å²) in [4.78, 5) is 28.4. The van der Waals surface area contributed by atoms with Crippen LogP contribution in [0, 0.1) is 6.92 Å². The van der Waals surface area contributed by atoms with E-state index in [1.165, 1.54) is 0 Å². The maximum absolute atomic E-state index is 13.8. The van der Waals surface area contributed by atoms with Gasteiger partial charge in [-0.3, -0.25) is 14.5 Å². The van der Waals surface area contributed by atoms with Gasteiger partial charge in [-0.05, 0) is 60.9 Å². The van der Waals surface area contributed by atoms with E-state index in [1.54, 1.807) is 28.5 Å². The highest BCUT2D eigenvalue weighted by atomic mass is 35.5. The Morgan fingerprint density at radius 3 is 2.50 bits per heavy atom. The number of hydrogen-bond acceptors (Lipinski definition) is 5. The molecule has 0 radical (unpaired) electrons. The normalized spacial score (nSPS) is 14.9. The number of fused-ring (bicyclic) bond motifs is 1. The molecule has 1 aliphatic rings. The molecule has 0 aliphatic carbocycles. The second kappa shape index (κ2) is 12.2. The van der Waals surface area contributed by atoms with Crippen molar-refractivity contribution in [1.82, 2.24) is 15.1 Å². The van der Waals surface area contributed by atoms with E-state index < -0.39 is 0 Å². The van der Waals surface area contributed by atoms with Crippen LogP contribution < -0.4 is 15.0 Å². The lowest BCUT2D eigenvalue weighted by Crippen LogP contribution is -2.42. The number of carbonyl (C=O) groups is 2. The molecular formula is C31H31ClN4O3S. The van der Waals surface area contributed by atoms with Gasteiger partial charge in [0.05, 0.1) is 29.5 Å². The minimum Gasteiger partial charge on any atom is -0.497 e. The molecule has 5 rings (SSSR count). The monoisotopic (exact) mass is 574 g/mol. The molecule has 2 amide bonds. The molecule has 1 aromatic heterocycles. The summed E-state index contributed by atoms with van der Waals surface area (Å²) in [5.74, 6) is 1.16. The van der Waals surface area contributed by atoms with E-state index in [1.807, 2.05) is 67.6 Å². The van der Waals surface area contributed by atoms with Gasteiger partial charge in [0, 0.05) is 22.7 Å². The summed E-state index contributed by atoms with van der Waals surface area (Å²) in [7, 11) is 1.62. The van der Waals surface area contributed by atoms with Crippen LogP contribution in [0.2, 0.25) is 5.02 Å². The standard InChI is InChI=1S/C31H31ClN4O3S/c1-4-17-33-26(37)18-35-27(38)19-40-30(25-8-6-5-7-20(25)2)28-29(21-9-11-22(32)12-10-21)34-36(31(28)35)23-13-15-24(39-3)16-14-23/h5-16,30H,4,17-19H2,1-3H3,(H,33,37). The van der Waals surface area contributed by atoms with Crippen LogP contribution in [0.3, 0.4) is 0 Å². The van der Waals surface area contributed by atoms with Gasteiger partial charge in [0.15, 0.2) is 0 Å². The second-order valence-corrected chi connectivity index (χ2v) is 11.1. The summed E-state index contributed by atoms with van der Waals surface area (Å²) < 4.78 is 7.16. The Kier molecular flexibility index (Phi) is 8.47. The minimum atomic E-state index is -0.212. The molecule has 3 aromatic carbocycles. The van der Waals surface area contributed by atoms with Crippen LogP contribution in [0.5, 0.6) is 5.75 Å². The predicted octanol–water partition coefficient (Wildman–Crippen LogP) is 6.21. The van der Waals surface area contributed by atoms with Crippen molar-refractivity contribution >= 4 is 41.0 Å². The molecule has 1 unspecified atom stereocenters. The summed E-state index contributed by atoms with van der Waals surface area (Å²) >= 11 is 7.80. The van der Waals surface area contributed by atoms with E-state index in [0.717, 1.165) is 40.1 Å². The van der Waals surface area contributed by atoms with Crippen molar-refractivity contribution in [3.63, 3.8) is 0 Å². The van der Waals surface area contributed by atoms with Gasteiger partial charge in [-0.15, -0.1) is 11.8 Å². The highest BCUT2D eigenvalue weighted by Gasteiger charge is 2.38. The van der Waals surface area contributed by atoms with Crippen molar-refractivity contribution in [3.05, 3.63) is 94.5 Å².